The van der Waals surface area contributed by atoms with Crippen molar-refractivity contribution in [1.82, 2.24) is 0 Å². The molecule has 0 radical (unpaired) electrons. The number of allylic oxidation sites excluding steroid dienone is 2. The van der Waals surface area contributed by atoms with Crippen molar-refractivity contribution >= 4 is 33.9 Å². The Labute approximate surface area is 127 Å². The van der Waals surface area contributed by atoms with Crippen LogP contribution < -0.4 is 4.74 Å². The third-order valence-electron chi connectivity index (χ3n) is 3.01. The summed E-state index contributed by atoms with van der Waals surface area (Å²) in [4.78, 5) is 4.57. The van der Waals surface area contributed by atoms with E-state index in [4.69, 9.17) is 10.00 Å². The number of rotatable bonds is 4. The third kappa shape index (κ3) is 3.35. The molecule has 0 unspecified atom stereocenters. The molecule has 0 aliphatic carbocycles. The Morgan fingerprint density at radius 3 is 3.00 bits per heavy atom. The van der Waals surface area contributed by atoms with Crippen molar-refractivity contribution in [1.29, 1.82) is 5.26 Å². The first-order valence-corrected chi connectivity index (χ1v) is 7.34. The van der Waals surface area contributed by atoms with E-state index in [1.54, 1.807) is 0 Å². The molecule has 0 atom stereocenters. The molecule has 1 aromatic rings. The summed E-state index contributed by atoms with van der Waals surface area (Å²) in [5.41, 5.74) is 3.60. The van der Waals surface area contributed by atoms with Gasteiger partial charge in [-0.25, -0.2) is 0 Å². The first-order valence-electron chi connectivity index (χ1n) is 6.26. The van der Waals surface area contributed by atoms with E-state index in [0.29, 0.717) is 0 Å². The summed E-state index contributed by atoms with van der Waals surface area (Å²) in [7, 11) is 0. The van der Waals surface area contributed by atoms with Crippen molar-refractivity contribution in [3.8, 4) is 11.8 Å². The molecule has 1 aliphatic rings. The second kappa shape index (κ2) is 6.71. The Bertz CT molecular complexity index is 570. The normalized spacial score (nSPS) is 15.0. The fourth-order valence-electron chi connectivity index (χ4n) is 2.16. The molecule has 0 bridgehead atoms. The Balaban J connectivity index is 2.27. The van der Waals surface area contributed by atoms with Crippen molar-refractivity contribution < 1.29 is 4.74 Å². The van der Waals surface area contributed by atoms with E-state index in [9.17, 15) is 0 Å². The van der Waals surface area contributed by atoms with Crippen molar-refractivity contribution in [3.63, 3.8) is 0 Å². The Morgan fingerprint density at radius 1 is 1.58 bits per heavy atom. The molecule has 0 fully saturated rings. The van der Waals surface area contributed by atoms with E-state index in [1.165, 1.54) is 16.8 Å². The molecule has 1 heterocycles. The van der Waals surface area contributed by atoms with Gasteiger partial charge in [0.2, 0.25) is 0 Å². The van der Waals surface area contributed by atoms with Gasteiger partial charge in [-0.05, 0) is 71.7 Å². The molecule has 1 aliphatic heterocycles. The molecule has 0 spiro atoms. The summed E-state index contributed by atoms with van der Waals surface area (Å²) in [6.07, 6.45) is 4.33. The monoisotopic (exact) mass is 366 g/mol. The van der Waals surface area contributed by atoms with Crippen LogP contribution in [-0.4, -0.2) is 18.9 Å². The highest BCUT2D eigenvalue weighted by molar-refractivity contribution is 14.1. The molecule has 98 valence electrons. The second-order valence-corrected chi connectivity index (χ2v) is 5.38. The number of nitrogens with zero attached hydrogens (tertiary/aromatic N) is 2. The van der Waals surface area contributed by atoms with Crippen LogP contribution in [0.1, 0.15) is 25.3 Å². The van der Waals surface area contributed by atoms with Gasteiger partial charge in [0.15, 0.2) is 6.61 Å². The number of hydrogen-bond donors (Lipinski definition) is 0. The first-order chi connectivity index (χ1) is 9.26. The van der Waals surface area contributed by atoms with Gasteiger partial charge in [-0.1, -0.05) is 6.08 Å². The maximum absolute atomic E-state index is 8.52. The van der Waals surface area contributed by atoms with E-state index in [2.05, 4.69) is 33.7 Å². The van der Waals surface area contributed by atoms with Crippen molar-refractivity contribution in [2.75, 3.05) is 13.2 Å². The predicted molar refractivity (Wildman–Crippen MR) is 85.5 cm³/mol. The molecule has 0 aromatic heterocycles. The quantitative estimate of drug-likeness (QED) is 0.761. The summed E-state index contributed by atoms with van der Waals surface area (Å²) in [6, 6.07) is 7.90. The van der Waals surface area contributed by atoms with Gasteiger partial charge in [-0.3, -0.25) is 4.99 Å². The molecule has 19 heavy (non-hydrogen) atoms. The molecule has 2 rings (SSSR count). The summed E-state index contributed by atoms with van der Waals surface area (Å²) in [5, 5.41) is 8.52. The highest BCUT2D eigenvalue weighted by Crippen LogP contribution is 2.29. The summed E-state index contributed by atoms with van der Waals surface area (Å²) in [6.45, 7) is 3.07. The average molecular weight is 366 g/mol. The van der Waals surface area contributed by atoms with Gasteiger partial charge in [-0.15, -0.1) is 0 Å². The molecule has 1 aromatic carbocycles. The lowest BCUT2D eigenvalue weighted by Gasteiger charge is -2.11. The maximum Gasteiger partial charge on any atom is 0.174 e. The van der Waals surface area contributed by atoms with E-state index < -0.39 is 0 Å². The SMILES string of the molecule is C/C=C(/C1=NCCC1)c1ccc(OCC#N)cc1I. The average Bonchev–Trinajstić information content (AvgIpc) is 2.93. The molecular weight excluding hydrogens is 351 g/mol. The van der Waals surface area contributed by atoms with Crippen LogP contribution in [0.3, 0.4) is 0 Å². The number of aliphatic imine (C=N–C) groups is 1. The number of benzene rings is 1. The minimum atomic E-state index is 0.0820. The Kier molecular flexibility index (Phi) is 4.97. The molecule has 0 amide bonds. The van der Waals surface area contributed by atoms with Crippen LogP contribution in [0.4, 0.5) is 0 Å². The van der Waals surface area contributed by atoms with E-state index in [-0.39, 0.29) is 6.61 Å². The van der Waals surface area contributed by atoms with E-state index >= 15 is 0 Å². The minimum absolute atomic E-state index is 0.0820. The molecule has 0 saturated carbocycles. The van der Waals surface area contributed by atoms with Crippen LogP contribution >= 0.6 is 22.6 Å². The topological polar surface area (TPSA) is 45.4 Å². The highest BCUT2D eigenvalue weighted by atomic mass is 127. The standard InChI is InChI=1S/C15H15IN2O/c1-2-12(15-4-3-8-18-15)13-6-5-11(10-14(13)16)19-9-7-17/h2,5-6,10H,3-4,8-9H2,1H3/b12-2+. The highest BCUT2D eigenvalue weighted by Gasteiger charge is 2.15. The number of halogens is 1. The van der Waals surface area contributed by atoms with E-state index in [0.717, 1.165) is 28.7 Å². The number of nitriles is 1. The van der Waals surface area contributed by atoms with Crippen LogP contribution in [0.5, 0.6) is 5.75 Å². The van der Waals surface area contributed by atoms with Crippen LogP contribution in [0.15, 0.2) is 29.3 Å². The fraction of sp³-hybridized carbons (Fsp3) is 0.333. The van der Waals surface area contributed by atoms with Gasteiger partial charge in [0.05, 0.1) is 0 Å². The summed E-state index contributed by atoms with van der Waals surface area (Å²) < 4.78 is 6.44. The van der Waals surface area contributed by atoms with Crippen LogP contribution in [0.25, 0.3) is 5.57 Å². The maximum atomic E-state index is 8.52. The molecule has 4 heteroatoms. The van der Waals surface area contributed by atoms with Gasteiger partial charge < -0.3 is 4.74 Å². The minimum Gasteiger partial charge on any atom is -0.479 e. The lowest BCUT2D eigenvalue weighted by Crippen LogP contribution is -2.01. The summed E-state index contributed by atoms with van der Waals surface area (Å²) >= 11 is 2.30. The van der Waals surface area contributed by atoms with Gasteiger partial charge in [0, 0.05) is 15.8 Å². The molecule has 3 nitrogen and oxygen atoms in total. The van der Waals surface area contributed by atoms with Gasteiger partial charge in [0.1, 0.15) is 11.8 Å². The van der Waals surface area contributed by atoms with Crippen LogP contribution in [0, 0.1) is 14.9 Å². The number of ether oxygens (including phenoxy) is 1. The largest absolute Gasteiger partial charge is 0.479 e. The zero-order valence-corrected chi connectivity index (χ0v) is 13.0. The third-order valence-corrected chi connectivity index (χ3v) is 3.90. The first kappa shape index (κ1) is 14.1. The summed E-state index contributed by atoms with van der Waals surface area (Å²) in [5.74, 6) is 0.735. The zero-order chi connectivity index (χ0) is 13.7. The van der Waals surface area contributed by atoms with Crippen LogP contribution in [-0.2, 0) is 0 Å². The van der Waals surface area contributed by atoms with E-state index in [1.807, 2.05) is 31.2 Å². The van der Waals surface area contributed by atoms with Gasteiger partial charge in [-0.2, -0.15) is 5.26 Å². The van der Waals surface area contributed by atoms with Crippen molar-refractivity contribution in [3.05, 3.63) is 33.4 Å². The van der Waals surface area contributed by atoms with Crippen molar-refractivity contribution in [2.24, 2.45) is 4.99 Å². The number of hydrogen-bond acceptors (Lipinski definition) is 3. The van der Waals surface area contributed by atoms with Gasteiger partial charge in [0.25, 0.3) is 0 Å². The predicted octanol–water partition coefficient (Wildman–Crippen LogP) is 3.83. The van der Waals surface area contributed by atoms with Gasteiger partial charge >= 0.3 is 0 Å². The molecular formula is C15H15IN2O. The van der Waals surface area contributed by atoms with Crippen molar-refractivity contribution in [2.45, 2.75) is 19.8 Å². The fourth-order valence-corrected chi connectivity index (χ4v) is 2.93. The Hall–Kier alpha value is -1.35. The zero-order valence-electron chi connectivity index (χ0n) is 10.8. The van der Waals surface area contributed by atoms with Crippen LogP contribution in [0.2, 0.25) is 0 Å². The smallest absolute Gasteiger partial charge is 0.174 e. The molecule has 0 N–H and O–H groups in total. The second-order valence-electron chi connectivity index (χ2n) is 4.22. The lowest BCUT2D eigenvalue weighted by atomic mass is 9.99. The lowest BCUT2D eigenvalue weighted by molar-refractivity contribution is 0.368. The Morgan fingerprint density at radius 2 is 2.42 bits per heavy atom. The molecule has 0 saturated heterocycles.